The first-order valence-corrected chi connectivity index (χ1v) is 5.99. The number of aryl methyl sites for hydroxylation is 2. The van der Waals surface area contributed by atoms with Crippen LogP contribution in [-0.4, -0.2) is 16.3 Å². The van der Waals surface area contributed by atoms with Crippen molar-refractivity contribution in [3.63, 3.8) is 0 Å². The summed E-state index contributed by atoms with van der Waals surface area (Å²) in [7, 11) is 0. The van der Waals surface area contributed by atoms with Crippen LogP contribution >= 0.6 is 11.3 Å². The summed E-state index contributed by atoms with van der Waals surface area (Å²) in [6.07, 6.45) is 1.69. The van der Waals surface area contributed by atoms with Crippen LogP contribution in [0.2, 0.25) is 0 Å². The van der Waals surface area contributed by atoms with Crippen LogP contribution in [0, 0.1) is 13.8 Å². The van der Waals surface area contributed by atoms with Crippen molar-refractivity contribution in [2.75, 3.05) is 5.43 Å². The summed E-state index contributed by atoms with van der Waals surface area (Å²) >= 11 is 1.58. The van der Waals surface area contributed by atoms with E-state index < -0.39 is 0 Å². The fraction of sp³-hybridized carbons (Fsp3) is 0.167. The maximum atomic E-state index is 9.12. The van der Waals surface area contributed by atoms with Gasteiger partial charge in [0.15, 0.2) is 0 Å². The Kier molecular flexibility index (Phi) is 3.39. The number of aromatic hydroxyl groups is 1. The van der Waals surface area contributed by atoms with Crippen LogP contribution < -0.4 is 5.43 Å². The van der Waals surface area contributed by atoms with Gasteiger partial charge in [0.25, 0.3) is 0 Å². The molecule has 5 heteroatoms. The molecule has 0 spiro atoms. The van der Waals surface area contributed by atoms with E-state index in [-0.39, 0.29) is 5.75 Å². The molecule has 88 valence electrons. The third-order valence-corrected chi connectivity index (χ3v) is 3.27. The zero-order chi connectivity index (χ0) is 12.3. The van der Waals surface area contributed by atoms with Crippen LogP contribution in [-0.2, 0) is 0 Å². The number of hydrogen-bond acceptors (Lipinski definition) is 5. The van der Waals surface area contributed by atoms with Gasteiger partial charge in [0, 0.05) is 4.88 Å². The van der Waals surface area contributed by atoms with Crippen molar-refractivity contribution in [3.05, 3.63) is 40.4 Å². The Morgan fingerprint density at radius 2 is 2.00 bits per heavy atom. The quantitative estimate of drug-likeness (QED) is 0.647. The Hall–Kier alpha value is -1.88. The van der Waals surface area contributed by atoms with Gasteiger partial charge < -0.3 is 5.11 Å². The molecule has 1 heterocycles. The van der Waals surface area contributed by atoms with Crippen LogP contribution in [0.25, 0.3) is 0 Å². The predicted molar refractivity (Wildman–Crippen MR) is 70.9 cm³/mol. The summed E-state index contributed by atoms with van der Waals surface area (Å²) in [6.45, 7) is 4.00. The van der Waals surface area contributed by atoms with E-state index >= 15 is 0 Å². The molecule has 0 saturated carbocycles. The van der Waals surface area contributed by atoms with E-state index in [2.05, 4.69) is 15.5 Å². The fourth-order valence-corrected chi connectivity index (χ4v) is 2.01. The molecule has 0 fully saturated rings. The molecular weight excluding hydrogens is 234 g/mol. The third kappa shape index (κ3) is 3.04. The number of aromatic nitrogens is 1. The SMILES string of the molecule is Cc1nc(N/N=C\c2ccc(O)cc2)sc1C. The lowest BCUT2D eigenvalue weighted by molar-refractivity contribution is 0.475. The standard InChI is InChI=1S/C12H13N3OS/c1-8-9(2)17-12(14-8)15-13-7-10-3-5-11(16)6-4-10/h3-7,16H,1-2H3,(H,14,15)/b13-7-. The Morgan fingerprint density at radius 1 is 1.29 bits per heavy atom. The van der Waals surface area contributed by atoms with Crippen molar-refractivity contribution in [3.8, 4) is 5.75 Å². The minimum Gasteiger partial charge on any atom is -0.508 e. The van der Waals surface area contributed by atoms with Crippen LogP contribution in [0.1, 0.15) is 16.1 Å². The fourth-order valence-electron chi connectivity index (χ4n) is 1.24. The maximum absolute atomic E-state index is 9.12. The molecule has 0 atom stereocenters. The van der Waals surface area contributed by atoms with E-state index in [0.717, 1.165) is 16.4 Å². The maximum Gasteiger partial charge on any atom is 0.203 e. The Bertz CT molecular complexity index is 512. The van der Waals surface area contributed by atoms with E-state index in [4.69, 9.17) is 5.11 Å². The monoisotopic (exact) mass is 247 g/mol. The van der Waals surface area contributed by atoms with Crippen LogP contribution in [0.3, 0.4) is 0 Å². The summed E-state index contributed by atoms with van der Waals surface area (Å²) in [5.41, 5.74) is 4.83. The highest BCUT2D eigenvalue weighted by atomic mass is 32.1. The second-order valence-electron chi connectivity index (χ2n) is 3.62. The number of hydrogen-bond donors (Lipinski definition) is 2. The van der Waals surface area contributed by atoms with Gasteiger partial charge in [-0.2, -0.15) is 5.10 Å². The normalized spacial score (nSPS) is 10.9. The first-order valence-electron chi connectivity index (χ1n) is 5.17. The van der Waals surface area contributed by atoms with Gasteiger partial charge in [-0.1, -0.05) is 0 Å². The first kappa shape index (κ1) is 11.6. The molecule has 0 aliphatic heterocycles. The van der Waals surface area contributed by atoms with Crippen molar-refractivity contribution in [1.82, 2.24) is 4.98 Å². The number of nitrogens with one attached hydrogen (secondary N) is 1. The smallest absolute Gasteiger partial charge is 0.203 e. The van der Waals surface area contributed by atoms with Crippen molar-refractivity contribution in [2.45, 2.75) is 13.8 Å². The van der Waals surface area contributed by atoms with E-state index in [1.54, 1.807) is 41.8 Å². The summed E-state index contributed by atoms with van der Waals surface area (Å²) < 4.78 is 0. The average Bonchev–Trinajstić information content (AvgIpc) is 2.61. The van der Waals surface area contributed by atoms with Crippen LogP contribution in [0.5, 0.6) is 5.75 Å². The molecule has 0 saturated heterocycles. The zero-order valence-corrected chi connectivity index (χ0v) is 10.5. The lowest BCUT2D eigenvalue weighted by atomic mass is 10.2. The minimum atomic E-state index is 0.251. The molecule has 0 amide bonds. The largest absolute Gasteiger partial charge is 0.508 e. The van der Waals surface area contributed by atoms with Gasteiger partial charge in [-0.05, 0) is 43.7 Å². The molecule has 2 aromatic rings. The van der Waals surface area contributed by atoms with Crippen molar-refractivity contribution < 1.29 is 5.11 Å². The topological polar surface area (TPSA) is 57.5 Å². The molecule has 2 N–H and O–H groups in total. The Labute approximate surface area is 104 Å². The molecule has 2 rings (SSSR count). The summed E-state index contributed by atoms with van der Waals surface area (Å²) in [5.74, 6) is 0.251. The van der Waals surface area contributed by atoms with Gasteiger partial charge in [-0.25, -0.2) is 4.98 Å². The Morgan fingerprint density at radius 3 is 2.59 bits per heavy atom. The summed E-state index contributed by atoms with van der Waals surface area (Å²) in [4.78, 5) is 5.50. The molecule has 1 aromatic heterocycles. The summed E-state index contributed by atoms with van der Waals surface area (Å²) in [5, 5.41) is 14.0. The second kappa shape index (κ2) is 4.97. The van der Waals surface area contributed by atoms with Crippen LogP contribution in [0.15, 0.2) is 29.4 Å². The summed E-state index contributed by atoms with van der Waals surface area (Å²) in [6, 6.07) is 6.83. The molecule has 0 aliphatic rings. The van der Waals surface area contributed by atoms with Gasteiger partial charge in [-0.15, -0.1) is 11.3 Å². The van der Waals surface area contributed by atoms with Gasteiger partial charge >= 0.3 is 0 Å². The third-order valence-electron chi connectivity index (χ3n) is 2.30. The number of benzene rings is 1. The van der Waals surface area contributed by atoms with E-state index in [9.17, 15) is 0 Å². The number of phenols is 1. The molecule has 4 nitrogen and oxygen atoms in total. The lowest BCUT2D eigenvalue weighted by Crippen LogP contribution is -1.89. The highest BCUT2D eigenvalue weighted by Gasteiger charge is 2.00. The van der Waals surface area contributed by atoms with Gasteiger partial charge in [-0.3, -0.25) is 5.43 Å². The van der Waals surface area contributed by atoms with E-state index in [1.165, 1.54) is 4.88 Å². The van der Waals surface area contributed by atoms with Crippen LogP contribution in [0.4, 0.5) is 5.13 Å². The number of thiazole rings is 1. The highest BCUT2D eigenvalue weighted by molar-refractivity contribution is 7.15. The molecule has 1 aromatic carbocycles. The number of hydrazone groups is 1. The van der Waals surface area contributed by atoms with Gasteiger partial charge in [0.2, 0.25) is 5.13 Å². The second-order valence-corrected chi connectivity index (χ2v) is 4.83. The molecule has 0 unspecified atom stereocenters. The molecule has 17 heavy (non-hydrogen) atoms. The molecule has 0 bridgehead atoms. The highest BCUT2D eigenvalue weighted by Crippen LogP contribution is 2.20. The first-order chi connectivity index (χ1) is 8.15. The van der Waals surface area contributed by atoms with Crippen molar-refractivity contribution in [1.29, 1.82) is 0 Å². The van der Waals surface area contributed by atoms with Gasteiger partial charge in [0.1, 0.15) is 5.75 Å². The van der Waals surface area contributed by atoms with Crippen molar-refractivity contribution in [2.24, 2.45) is 5.10 Å². The minimum absolute atomic E-state index is 0.251. The van der Waals surface area contributed by atoms with E-state index in [1.807, 2.05) is 13.8 Å². The zero-order valence-electron chi connectivity index (χ0n) is 9.64. The molecule has 0 radical (unpaired) electrons. The number of rotatable bonds is 3. The average molecular weight is 247 g/mol. The molecular formula is C12H13N3OS. The predicted octanol–water partition coefficient (Wildman–Crippen LogP) is 2.91. The number of phenolic OH excluding ortho intramolecular Hbond substituents is 1. The lowest BCUT2D eigenvalue weighted by Gasteiger charge is -1.94. The Balaban J connectivity index is 2.00. The van der Waals surface area contributed by atoms with Gasteiger partial charge in [0.05, 0.1) is 11.9 Å². The van der Waals surface area contributed by atoms with E-state index in [0.29, 0.717) is 0 Å². The number of anilines is 1. The number of nitrogens with zero attached hydrogens (tertiary/aromatic N) is 2. The molecule has 0 aliphatic carbocycles. The van der Waals surface area contributed by atoms with Crippen molar-refractivity contribution >= 4 is 22.7 Å².